The highest BCUT2D eigenvalue weighted by atomic mass is 32.2. The van der Waals surface area contributed by atoms with Gasteiger partial charge in [0.15, 0.2) is 0 Å². The zero-order valence-electron chi connectivity index (χ0n) is 10.1. The predicted octanol–water partition coefficient (Wildman–Crippen LogP) is 0.750. The number of carbonyl (C=O) groups excluding carboxylic acids is 1. The van der Waals surface area contributed by atoms with Crippen LogP contribution in [0.4, 0.5) is 0 Å². The van der Waals surface area contributed by atoms with Gasteiger partial charge in [-0.25, -0.2) is 0 Å². The molecule has 94 valence electrons. The average Bonchev–Trinajstić information content (AvgIpc) is 2.79. The molecule has 4 nitrogen and oxygen atoms in total. The molecule has 0 spiro atoms. The van der Waals surface area contributed by atoms with E-state index in [-0.39, 0.29) is 18.1 Å². The largest absolute Gasteiger partial charge is 0.376 e. The van der Waals surface area contributed by atoms with Crippen LogP contribution < -0.4 is 11.1 Å². The van der Waals surface area contributed by atoms with Crippen LogP contribution in [0.5, 0.6) is 0 Å². The molecule has 0 aliphatic carbocycles. The van der Waals surface area contributed by atoms with Gasteiger partial charge in [-0.15, -0.1) is 0 Å². The number of ether oxygens (including phenoxy) is 1. The highest BCUT2D eigenvalue weighted by Gasteiger charge is 2.25. The average molecular weight is 246 g/mol. The van der Waals surface area contributed by atoms with Gasteiger partial charge < -0.3 is 15.8 Å². The maximum Gasteiger partial charge on any atom is 0.237 e. The van der Waals surface area contributed by atoms with Gasteiger partial charge in [0.2, 0.25) is 5.91 Å². The Labute approximate surface area is 102 Å². The monoisotopic (exact) mass is 246 g/mol. The third-order valence-corrected chi connectivity index (χ3v) is 3.51. The van der Waals surface area contributed by atoms with E-state index < -0.39 is 6.04 Å². The SMILES string of the molecule is CSCC[C@@H](N)C(=O)NC(C)C1CCCO1. The van der Waals surface area contributed by atoms with Crippen LogP contribution in [0.15, 0.2) is 0 Å². The van der Waals surface area contributed by atoms with Crippen molar-refractivity contribution in [1.82, 2.24) is 5.32 Å². The fourth-order valence-electron chi connectivity index (χ4n) is 1.80. The molecule has 0 saturated carbocycles. The first kappa shape index (κ1) is 13.8. The van der Waals surface area contributed by atoms with Crippen molar-refractivity contribution in [3.05, 3.63) is 0 Å². The van der Waals surface area contributed by atoms with Crippen LogP contribution in [-0.2, 0) is 9.53 Å². The van der Waals surface area contributed by atoms with Gasteiger partial charge in [-0.1, -0.05) is 0 Å². The van der Waals surface area contributed by atoms with E-state index in [4.69, 9.17) is 10.5 Å². The lowest BCUT2D eigenvalue weighted by atomic mass is 10.1. The summed E-state index contributed by atoms with van der Waals surface area (Å²) in [4.78, 5) is 11.7. The highest BCUT2D eigenvalue weighted by molar-refractivity contribution is 7.98. The van der Waals surface area contributed by atoms with E-state index in [0.717, 1.165) is 31.6 Å². The van der Waals surface area contributed by atoms with Crippen LogP contribution in [0.1, 0.15) is 26.2 Å². The number of thioether (sulfide) groups is 1. The molecule has 3 atom stereocenters. The third kappa shape index (κ3) is 4.31. The normalized spacial score (nSPS) is 24.1. The fourth-order valence-corrected chi connectivity index (χ4v) is 2.29. The van der Waals surface area contributed by atoms with Crippen molar-refractivity contribution >= 4 is 17.7 Å². The summed E-state index contributed by atoms with van der Waals surface area (Å²) in [5, 5.41) is 2.93. The van der Waals surface area contributed by atoms with Crippen molar-refractivity contribution < 1.29 is 9.53 Å². The number of hydrogen-bond acceptors (Lipinski definition) is 4. The molecule has 0 radical (unpaired) electrons. The van der Waals surface area contributed by atoms with E-state index >= 15 is 0 Å². The second kappa shape index (κ2) is 7.14. The van der Waals surface area contributed by atoms with Gasteiger partial charge in [-0.05, 0) is 38.2 Å². The molecule has 5 heteroatoms. The van der Waals surface area contributed by atoms with E-state index in [1.54, 1.807) is 11.8 Å². The summed E-state index contributed by atoms with van der Waals surface area (Å²) < 4.78 is 5.52. The molecule has 3 N–H and O–H groups in total. The molecule has 0 aromatic rings. The summed E-state index contributed by atoms with van der Waals surface area (Å²) in [5.74, 6) is 0.861. The predicted molar refractivity (Wildman–Crippen MR) is 67.6 cm³/mol. The summed E-state index contributed by atoms with van der Waals surface area (Å²) >= 11 is 1.71. The minimum atomic E-state index is -0.392. The molecule has 1 heterocycles. The lowest BCUT2D eigenvalue weighted by molar-refractivity contribution is -0.123. The van der Waals surface area contributed by atoms with Gasteiger partial charge in [0.25, 0.3) is 0 Å². The Morgan fingerprint density at radius 2 is 2.44 bits per heavy atom. The second-order valence-corrected chi connectivity index (χ2v) is 5.22. The first-order valence-electron chi connectivity index (χ1n) is 5.81. The van der Waals surface area contributed by atoms with Gasteiger partial charge in [0.05, 0.1) is 18.2 Å². The Kier molecular flexibility index (Phi) is 6.16. The van der Waals surface area contributed by atoms with Crippen LogP contribution >= 0.6 is 11.8 Å². The first-order valence-corrected chi connectivity index (χ1v) is 7.21. The van der Waals surface area contributed by atoms with E-state index in [1.807, 2.05) is 13.2 Å². The van der Waals surface area contributed by atoms with Crippen molar-refractivity contribution in [2.75, 3.05) is 18.6 Å². The van der Waals surface area contributed by atoms with Crippen LogP contribution in [0.2, 0.25) is 0 Å². The van der Waals surface area contributed by atoms with Crippen molar-refractivity contribution in [3.8, 4) is 0 Å². The molecule has 0 aromatic heterocycles. The number of amides is 1. The van der Waals surface area contributed by atoms with E-state index in [2.05, 4.69) is 5.32 Å². The van der Waals surface area contributed by atoms with Crippen LogP contribution in [0.3, 0.4) is 0 Å². The molecular weight excluding hydrogens is 224 g/mol. The summed E-state index contributed by atoms with van der Waals surface area (Å²) in [6, 6.07) is -0.327. The summed E-state index contributed by atoms with van der Waals surface area (Å²) in [7, 11) is 0. The minimum Gasteiger partial charge on any atom is -0.376 e. The Bertz CT molecular complexity index is 220. The van der Waals surface area contributed by atoms with Gasteiger partial charge in [0, 0.05) is 6.61 Å². The van der Waals surface area contributed by atoms with Gasteiger partial charge in [0.1, 0.15) is 0 Å². The summed E-state index contributed by atoms with van der Waals surface area (Å²) in [5.41, 5.74) is 5.78. The molecule has 1 rings (SSSR count). The Morgan fingerprint density at radius 3 is 3.00 bits per heavy atom. The Hall–Kier alpha value is -0.260. The van der Waals surface area contributed by atoms with Gasteiger partial charge in [-0.2, -0.15) is 11.8 Å². The van der Waals surface area contributed by atoms with Crippen molar-refractivity contribution in [1.29, 1.82) is 0 Å². The Morgan fingerprint density at radius 1 is 1.69 bits per heavy atom. The Balaban J connectivity index is 2.26. The first-order chi connectivity index (χ1) is 7.65. The number of rotatable bonds is 6. The molecule has 1 amide bonds. The number of carbonyl (C=O) groups is 1. The molecule has 0 bridgehead atoms. The maximum absolute atomic E-state index is 11.7. The van der Waals surface area contributed by atoms with E-state index in [1.165, 1.54) is 0 Å². The molecule has 1 fully saturated rings. The van der Waals surface area contributed by atoms with Crippen LogP contribution in [0, 0.1) is 0 Å². The van der Waals surface area contributed by atoms with E-state index in [0.29, 0.717) is 0 Å². The maximum atomic E-state index is 11.7. The minimum absolute atomic E-state index is 0.0583. The topological polar surface area (TPSA) is 64.4 Å². The molecule has 16 heavy (non-hydrogen) atoms. The molecule has 1 aliphatic heterocycles. The standard InChI is InChI=1S/C11H22N2O2S/c1-8(10-4-3-6-15-10)13-11(14)9(12)5-7-16-2/h8-10H,3-7,12H2,1-2H3,(H,13,14)/t8?,9-,10?/m1/s1. The molecule has 2 unspecified atom stereocenters. The third-order valence-electron chi connectivity index (χ3n) is 2.86. The quantitative estimate of drug-likeness (QED) is 0.726. The summed E-state index contributed by atoms with van der Waals surface area (Å²) in [6.45, 7) is 2.79. The number of nitrogens with one attached hydrogen (secondary N) is 1. The van der Waals surface area contributed by atoms with E-state index in [9.17, 15) is 4.79 Å². The zero-order chi connectivity index (χ0) is 12.0. The molecule has 1 saturated heterocycles. The van der Waals surface area contributed by atoms with Crippen molar-refractivity contribution in [2.45, 2.75) is 44.4 Å². The van der Waals surface area contributed by atoms with Crippen LogP contribution in [0.25, 0.3) is 0 Å². The molecule has 0 aromatic carbocycles. The fraction of sp³-hybridized carbons (Fsp3) is 0.909. The van der Waals surface area contributed by atoms with Gasteiger partial charge >= 0.3 is 0 Å². The van der Waals surface area contributed by atoms with Gasteiger partial charge in [-0.3, -0.25) is 4.79 Å². The van der Waals surface area contributed by atoms with Crippen molar-refractivity contribution in [3.63, 3.8) is 0 Å². The van der Waals surface area contributed by atoms with Crippen LogP contribution in [-0.4, -0.2) is 42.7 Å². The molecule has 1 aliphatic rings. The lowest BCUT2D eigenvalue weighted by Crippen LogP contribution is -2.48. The lowest BCUT2D eigenvalue weighted by Gasteiger charge is -2.22. The smallest absolute Gasteiger partial charge is 0.237 e. The summed E-state index contributed by atoms with van der Waals surface area (Å²) in [6.07, 6.45) is 5.02. The number of hydrogen-bond donors (Lipinski definition) is 2. The number of nitrogens with two attached hydrogens (primary N) is 1. The second-order valence-electron chi connectivity index (χ2n) is 4.24. The van der Waals surface area contributed by atoms with Crippen molar-refractivity contribution in [2.24, 2.45) is 5.73 Å². The molecular formula is C11H22N2O2S. The zero-order valence-corrected chi connectivity index (χ0v) is 10.9. The highest BCUT2D eigenvalue weighted by Crippen LogP contribution is 2.15.